The van der Waals surface area contributed by atoms with Gasteiger partial charge in [0.1, 0.15) is 17.6 Å². The van der Waals surface area contributed by atoms with E-state index in [1.165, 1.54) is 6.20 Å². The Balaban J connectivity index is 2.35. The summed E-state index contributed by atoms with van der Waals surface area (Å²) in [6.45, 7) is -0.404. The molecule has 2 rings (SSSR count). The molecule has 1 aromatic rings. The predicted octanol–water partition coefficient (Wildman–Crippen LogP) is -1.61. The van der Waals surface area contributed by atoms with Gasteiger partial charge in [-0.3, -0.25) is 14.3 Å². The van der Waals surface area contributed by atoms with Crippen LogP contribution in [-0.2, 0) is 4.74 Å². The van der Waals surface area contributed by atoms with Gasteiger partial charge >= 0.3 is 5.69 Å². The van der Waals surface area contributed by atoms with Crippen LogP contribution >= 0.6 is 11.6 Å². The minimum Gasteiger partial charge on any atom is -0.394 e. The number of aliphatic hydroxyl groups excluding tert-OH is 2. The van der Waals surface area contributed by atoms with Crippen molar-refractivity contribution >= 4 is 11.6 Å². The maximum atomic E-state index is 11.5. The summed E-state index contributed by atoms with van der Waals surface area (Å²) in [5.74, 6) is 0. The van der Waals surface area contributed by atoms with E-state index in [4.69, 9.17) is 21.4 Å². The smallest absolute Gasteiger partial charge is 0.330 e. The highest BCUT2D eigenvalue weighted by molar-refractivity contribution is 6.21. The average Bonchev–Trinajstić information content (AvgIpc) is 2.57. The molecule has 94 valence electrons. The lowest BCUT2D eigenvalue weighted by Gasteiger charge is -2.15. The van der Waals surface area contributed by atoms with Crippen LogP contribution in [-0.4, -0.2) is 44.0 Å². The summed E-state index contributed by atoms with van der Waals surface area (Å²) in [6, 6.07) is 1.15. The van der Waals surface area contributed by atoms with E-state index in [1.807, 2.05) is 0 Å². The van der Waals surface area contributed by atoms with E-state index in [2.05, 4.69) is 4.98 Å². The van der Waals surface area contributed by atoms with Crippen molar-refractivity contribution in [2.75, 3.05) is 6.61 Å². The topological polar surface area (TPSA) is 105 Å². The number of nitrogens with one attached hydrogen (secondary N) is 1. The molecule has 0 amide bonds. The lowest BCUT2D eigenvalue weighted by Crippen LogP contribution is -2.35. The fourth-order valence-electron chi connectivity index (χ4n) is 1.71. The second kappa shape index (κ2) is 4.61. The molecule has 0 spiro atoms. The standard InChI is InChI=1S/C9H11ClN2O5/c10-6-7(15)4(3-13)17-8(6)12-2-1-5(14)11-9(12)16/h1-2,4,6-8,13,15H,3H2,(H,11,14,16)/t4-,6+,7-,8-/m1/s1. The number of aromatic amines is 1. The Morgan fingerprint density at radius 2 is 2.24 bits per heavy atom. The van der Waals surface area contributed by atoms with E-state index >= 15 is 0 Å². The van der Waals surface area contributed by atoms with E-state index < -0.39 is 41.7 Å². The number of halogens is 1. The molecule has 0 unspecified atom stereocenters. The van der Waals surface area contributed by atoms with Crippen molar-refractivity contribution in [1.29, 1.82) is 0 Å². The van der Waals surface area contributed by atoms with Crippen molar-refractivity contribution < 1.29 is 14.9 Å². The Morgan fingerprint density at radius 3 is 2.76 bits per heavy atom. The molecular weight excluding hydrogens is 252 g/mol. The largest absolute Gasteiger partial charge is 0.394 e. The Morgan fingerprint density at radius 1 is 1.53 bits per heavy atom. The highest BCUT2D eigenvalue weighted by atomic mass is 35.5. The monoisotopic (exact) mass is 262 g/mol. The molecule has 8 heteroatoms. The van der Waals surface area contributed by atoms with Crippen molar-refractivity contribution in [3.8, 4) is 0 Å². The lowest BCUT2D eigenvalue weighted by atomic mass is 10.2. The van der Waals surface area contributed by atoms with Gasteiger partial charge in [0.05, 0.1) is 6.61 Å². The Hall–Kier alpha value is -1.15. The molecule has 3 N–H and O–H groups in total. The van der Waals surface area contributed by atoms with Crippen LogP contribution in [0.5, 0.6) is 0 Å². The molecule has 1 aromatic heterocycles. The molecule has 7 nitrogen and oxygen atoms in total. The van der Waals surface area contributed by atoms with Crippen LogP contribution in [0.2, 0.25) is 0 Å². The number of aliphatic hydroxyl groups is 2. The highest BCUT2D eigenvalue weighted by Gasteiger charge is 2.43. The molecule has 2 heterocycles. The van der Waals surface area contributed by atoms with Crippen LogP contribution in [0.15, 0.2) is 21.9 Å². The zero-order chi connectivity index (χ0) is 12.6. The first kappa shape index (κ1) is 12.3. The summed E-state index contributed by atoms with van der Waals surface area (Å²) < 4.78 is 6.32. The van der Waals surface area contributed by atoms with Crippen molar-refractivity contribution in [2.45, 2.75) is 23.8 Å². The summed E-state index contributed by atoms with van der Waals surface area (Å²) in [6.07, 6.45) is -1.62. The van der Waals surface area contributed by atoms with E-state index in [-0.39, 0.29) is 0 Å². The molecule has 0 aromatic carbocycles. The minimum absolute atomic E-state index is 0.404. The first-order chi connectivity index (χ1) is 8.04. The normalized spacial score (nSPS) is 32.9. The number of hydrogen-bond acceptors (Lipinski definition) is 5. The second-order valence-corrected chi connectivity index (χ2v) is 4.20. The fourth-order valence-corrected chi connectivity index (χ4v) is 2.05. The van der Waals surface area contributed by atoms with E-state index in [0.29, 0.717) is 0 Å². The number of ether oxygens (including phenoxy) is 1. The molecule has 1 aliphatic heterocycles. The lowest BCUT2D eigenvalue weighted by molar-refractivity contribution is -0.0457. The Bertz CT molecular complexity index is 513. The van der Waals surface area contributed by atoms with Gasteiger partial charge in [0.25, 0.3) is 5.56 Å². The van der Waals surface area contributed by atoms with E-state index in [1.54, 1.807) is 0 Å². The number of alkyl halides is 1. The quantitative estimate of drug-likeness (QED) is 0.557. The van der Waals surface area contributed by atoms with Gasteiger partial charge in [-0.05, 0) is 0 Å². The van der Waals surface area contributed by atoms with Crippen molar-refractivity contribution in [2.24, 2.45) is 0 Å². The van der Waals surface area contributed by atoms with Crippen molar-refractivity contribution in [3.63, 3.8) is 0 Å². The highest BCUT2D eigenvalue weighted by Crippen LogP contribution is 2.31. The molecule has 4 atom stereocenters. The van der Waals surface area contributed by atoms with Gasteiger partial charge in [-0.25, -0.2) is 4.79 Å². The van der Waals surface area contributed by atoms with Crippen LogP contribution in [0.1, 0.15) is 6.23 Å². The Labute approximate surface area is 100 Å². The third-order valence-electron chi connectivity index (χ3n) is 2.60. The zero-order valence-corrected chi connectivity index (χ0v) is 9.37. The molecular formula is C9H11ClN2O5. The van der Waals surface area contributed by atoms with Crippen LogP contribution < -0.4 is 11.2 Å². The van der Waals surface area contributed by atoms with Crippen LogP contribution in [0, 0.1) is 0 Å². The summed E-state index contributed by atoms with van der Waals surface area (Å²) in [7, 11) is 0. The summed E-state index contributed by atoms with van der Waals surface area (Å²) in [4.78, 5) is 24.4. The summed E-state index contributed by atoms with van der Waals surface area (Å²) in [5, 5.41) is 17.7. The van der Waals surface area contributed by atoms with Gasteiger partial charge in [0, 0.05) is 12.3 Å². The number of aromatic nitrogens is 2. The van der Waals surface area contributed by atoms with Crippen LogP contribution in [0.25, 0.3) is 0 Å². The van der Waals surface area contributed by atoms with Gasteiger partial charge in [-0.2, -0.15) is 0 Å². The SMILES string of the molecule is O=c1ccn([C@@H]2O[C@H](CO)[C@@H](O)[C@@H]2Cl)c(=O)[nH]1. The second-order valence-electron chi connectivity index (χ2n) is 3.70. The molecule has 0 saturated carbocycles. The maximum absolute atomic E-state index is 11.5. The average molecular weight is 263 g/mol. The van der Waals surface area contributed by atoms with E-state index in [0.717, 1.165) is 10.6 Å². The number of nitrogens with zero attached hydrogens (tertiary/aromatic N) is 1. The van der Waals surface area contributed by atoms with E-state index in [9.17, 15) is 14.7 Å². The van der Waals surface area contributed by atoms with Crippen LogP contribution in [0.4, 0.5) is 0 Å². The maximum Gasteiger partial charge on any atom is 0.330 e. The molecule has 0 bridgehead atoms. The molecule has 1 fully saturated rings. The van der Waals surface area contributed by atoms with Crippen LogP contribution in [0.3, 0.4) is 0 Å². The Kier molecular flexibility index (Phi) is 3.34. The fraction of sp³-hybridized carbons (Fsp3) is 0.556. The van der Waals surface area contributed by atoms with Gasteiger partial charge in [0.15, 0.2) is 6.23 Å². The molecule has 1 aliphatic rings. The zero-order valence-electron chi connectivity index (χ0n) is 8.62. The van der Waals surface area contributed by atoms with Gasteiger partial charge in [-0.1, -0.05) is 0 Å². The van der Waals surface area contributed by atoms with Crippen molar-refractivity contribution in [3.05, 3.63) is 33.1 Å². The first-order valence-electron chi connectivity index (χ1n) is 4.94. The number of rotatable bonds is 2. The number of hydrogen-bond donors (Lipinski definition) is 3. The minimum atomic E-state index is -1.08. The van der Waals surface area contributed by atoms with Gasteiger partial charge in [-0.15, -0.1) is 11.6 Å². The summed E-state index contributed by atoms with van der Waals surface area (Å²) >= 11 is 5.91. The third-order valence-corrected chi connectivity index (χ3v) is 3.07. The summed E-state index contributed by atoms with van der Waals surface area (Å²) in [5.41, 5.74) is -1.21. The van der Waals surface area contributed by atoms with Gasteiger partial charge in [0.2, 0.25) is 0 Å². The molecule has 0 radical (unpaired) electrons. The third kappa shape index (κ3) is 2.14. The van der Waals surface area contributed by atoms with Gasteiger partial charge < -0.3 is 14.9 Å². The van der Waals surface area contributed by atoms with Crippen molar-refractivity contribution in [1.82, 2.24) is 9.55 Å². The number of H-pyrrole nitrogens is 1. The molecule has 1 saturated heterocycles. The molecule has 0 aliphatic carbocycles. The first-order valence-corrected chi connectivity index (χ1v) is 5.38. The molecule has 17 heavy (non-hydrogen) atoms. The predicted molar refractivity (Wildman–Crippen MR) is 58.0 cm³/mol.